The minimum absolute atomic E-state index is 0.376. The zero-order valence-corrected chi connectivity index (χ0v) is 11.7. The molecule has 0 aromatic heterocycles. The van der Waals surface area contributed by atoms with Gasteiger partial charge in [-0.2, -0.15) is 5.26 Å². The molecular weight excluding hydrogens is 314 g/mol. The summed E-state index contributed by atoms with van der Waals surface area (Å²) in [4.78, 5) is 0. The van der Waals surface area contributed by atoms with Crippen molar-refractivity contribution in [1.82, 2.24) is 0 Å². The first-order valence-electron chi connectivity index (χ1n) is 5.25. The molecule has 0 unspecified atom stereocenters. The number of ether oxygens (including phenoxy) is 1. The van der Waals surface area contributed by atoms with Gasteiger partial charge in [0.1, 0.15) is 11.5 Å². The lowest BCUT2D eigenvalue weighted by atomic mass is 10.2. The van der Waals surface area contributed by atoms with Crippen LogP contribution in [0.5, 0.6) is 11.5 Å². The summed E-state index contributed by atoms with van der Waals surface area (Å²) in [6.45, 7) is 0. The number of alkyl halides is 1. The number of nitrogens with zero attached hydrogens (tertiary/aromatic N) is 1. The largest absolute Gasteiger partial charge is 0.457 e. The number of rotatable bonds is 3. The molecule has 0 aliphatic rings. The third-order valence-electron chi connectivity index (χ3n) is 2.36. The molecule has 2 rings (SSSR count). The molecule has 0 bridgehead atoms. The van der Waals surface area contributed by atoms with E-state index in [0.29, 0.717) is 22.9 Å². The van der Waals surface area contributed by atoms with Crippen LogP contribution in [-0.2, 0) is 5.88 Å². The Balaban J connectivity index is 2.33. The van der Waals surface area contributed by atoms with Gasteiger partial charge >= 0.3 is 0 Å². The highest BCUT2D eigenvalue weighted by molar-refractivity contribution is 9.10. The van der Waals surface area contributed by atoms with Crippen LogP contribution in [0.3, 0.4) is 0 Å². The summed E-state index contributed by atoms with van der Waals surface area (Å²) in [7, 11) is 0. The number of halogens is 2. The Kier molecular flexibility index (Phi) is 4.24. The van der Waals surface area contributed by atoms with Crippen LogP contribution in [0.4, 0.5) is 0 Å². The van der Waals surface area contributed by atoms with Gasteiger partial charge in [0, 0.05) is 10.0 Å². The molecule has 18 heavy (non-hydrogen) atoms. The molecule has 0 amide bonds. The number of hydrogen-bond donors (Lipinski definition) is 0. The monoisotopic (exact) mass is 321 g/mol. The van der Waals surface area contributed by atoms with Crippen LogP contribution in [0.2, 0.25) is 0 Å². The molecule has 90 valence electrons. The van der Waals surface area contributed by atoms with Crippen LogP contribution >= 0.6 is 27.5 Å². The van der Waals surface area contributed by atoms with Gasteiger partial charge in [0.25, 0.3) is 0 Å². The molecule has 0 saturated carbocycles. The molecule has 0 aliphatic carbocycles. The Morgan fingerprint density at radius 3 is 2.78 bits per heavy atom. The van der Waals surface area contributed by atoms with Crippen LogP contribution in [0, 0.1) is 11.3 Å². The standard InChI is InChI=1S/C14H9BrClNO/c15-12-5-4-11(8-16)14(7-12)18-13-3-1-2-10(6-13)9-17/h1-7H,8H2. The lowest BCUT2D eigenvalue weighted by Crippen LogP contribution is -1.90. The average Bonchev–Trinajstić information content (AvgIpc) is 2.39. The quantitative estimate of drug-likeness (QED) is 0.757. The van der Waals surface area contributed by atoms with E-state index in [0.717, 1.165) is 10.0 Å². The van der Waals surface area contributed by atoms with Gasteiger partial charge in [-0.3, -0.25) is 0 Å². The maximum atomic E-state index is 8.84. The first kappa shape index (κ1) is 12.9. The lowest BCUT2D eigenvalue weighted by Gasteiger charge is -2.10. The van der Waals surface area contributed by atoms with Crippen molar-refractivity contribution in [3.05, 3.63) is 58.1 Å². The maximum absolute atomic E-state index is 8.84. The summed E-state index contributed by atoms with van der Waals surface area (Å²) in [6.07, 6.45) is 0. The maximum Gasteiger partial charge on any atom is 0.132 e. The Morgan fingerprint density at radius 2 is 2.06 bits per heavy atom. The molecule has 0 heterocycles. The zero-order valence-electron chi connectivity index (χ0n) is 9.36. The highest BCUT2D eigenvalue weighted by atomic mass is 79.9. The number of hydrogen-bond acceptors (Lipinski definition) is 2. The molecule has 0 atom stereocenters. The van der Waals surface area contributed by atoms with E-state index in [2.05, 4.69) is 22.0 Å². The Bertz CT molecular complexity index is 607. The molecule has 0 fully saturated rings. The van der Waals surface area contributed by atoms with Crippen LogP contribution in [0.15, 0.2) is 46.9 Å². The first-order chi connectivity index (χ1) is 8.72. The number of nitriles is 1. The van der Waals surface area contributed by atoms with E-state index in [9.17, 15) is 0 Å². The lowest BCUT2D eigenvalue weighted by molar-refractivity contribution is 0.478. The fourth-order valence-corrected chi connectivity index (χ4v) is 2.05. The van der Waals surface area contributed by atoms with Crippen molar-refractivity contribution in [2.24, 2.45) is 0 Å². The van der Waals surface area contributed by atoms with Gasteiger partial charge in [-0.1, -0.05) is 28.1 Å². The predicted molar refractivity (Wildman–Crippen MR) is 74.9 cm³/mol. The van der Waals surface area contributed by atoms with E-state index in [1.807, 2.05) is 18.2 Å². The van der Waals surface area contributed by atoms with Crippen LogP contribution in [0.25, 0.3) is 0 Å². The highest BCUT2D eigenvalue weighted by Crippen LogP contribution is 2.29. The van der Waals surface area contributed by atoms with Gasteiger partial charge in [0.15, 0.2) is 0 Å². The summed E-state index contributed by atoms with van der Waals surface area (Å²) < 4.78 is 6.68. The average molecular weight is 323 g/mol. The minimum atomic E-state index is 0.376. The van der Waals surface area contributed by atoms with Crippen molar-refractivity contribution in [3.8, 4) is 17.6 Å². The molecule has 0 aliphatic heterocycles. The summed E-state index contributed by atoms with van der Waals surface area (Å²) >= 11 is 9.25. The second-order valence-corrected chi connectivity index (χ2v) is 4.81. The molecule has 0 saturated heterocycles. The van der Waals surface area contributed by atoms with E-state index in [1.165, 1.54) is 0 Å². The van der Waals surface area contributed by atoms with E-state index < -0.39 is 0 Å². The second-order valence-electron chi connectivity index (χ2n) is 3.63. The van der Waals surface area contributed by atoms with Crippen molar-refractivity contribution in [1.29, 1.82) is 5.26 Å². The molecule has 0 N–H and O–H groups in total. The summed E-state index contributed by atoms with van der Waals surface area (Å²) in [5.41, 5.74) is 1.47. The normalized spacial score (nSPS) is 9.83. The van der Waals surface area contributed by atoms with E-state index in [-0.39, 0.29) is 0 Å². The van der Waals surface area contributed by atoms with Gasteiger partial charge < -0.3 is 4.74 Å². The fraction of sp³-hybridized carbons (Fsp3) is 0.0714. The van der Waals surface area contributed by atoms with Crippen molar-refractivity contribution in [2.45, 2.75) is 5.88 Å². The molecule has 2 nitrogen and oxygen atoms in total. The van der Waals surface area contributed by atoms with Gasteiger partial charge in [-0.05, 0) is 30.3 Å². The molecule has 2 aromatic carbocycles. The molecular formula is C14H9BrClNO. The van der Waals surface area contributed by atoms with Crippen LogP contribution in [0.1, 0.15) is 11.1 Å². The summed E-state index contributed by atoms with van der Waals surface area (Å²) in [6, 6.07) is 14.8. The van der Waals surface area contributed by atoms with Crippen molar-refractivity contribution >= 4 is 27.5 Å². The SMILES string of the molecule is N#Cc1cccc(Oc2cc(Br)ccc2CCl)c1. The summed E-state index contributed by atoms with van der Waals surface area (Å²) in [5, 5.41) is 8.84. The van der Waals surface area contributed by atoms with Gasteiger partial charge in [-0.25, -0.2) is 0 Å². The molecule has 0 radical (unpaired) electrons. The van der Waals surface area contributed by atoms with E-state index >= 15 is 0 Å². The molecule has 2 aromatic rings. The third kappa shape index (κ3) is 3.04. The topological polar surface area (TPSA) is 33.0 Å². The number of benzene rings is 2. The smallest absolute Gasteiger partial charge is 0.132 e. The fourth-order valence-electron chi connectivity index (χ4n) is 1.49. The van der Waals surface area contributed by atoms with Crippen molar-refractivity contribution in [2.75, 3.05) is 0 Å². The first-order valence-corrected chi connectivity index (χ1v) is 6.58. The van der Waals surface area contributed by atoms with E-state index in [1.54, 1.807) is 24.3 Å². The summed E-state index contributed by atoms with van der Waals surface area (Å²) in [5.74, 6) is 1.69. The Hall–Kier alpha value is -1.50. The van der Waals surface area contributed by atoms with Crippen LogP contribution in [-0.4, -0.2) is 0 Å². The predicted octanol–water partition coefficient (Wildman–Crippen LogP) is 4.85. The third-order valence-corrected chi connectivity index (χ3v) is 3.15. The minimum Gasteiger partial charge on any atom is -0.457 e. The van der Waals surface area contributed by atoms with Gasteiger partial charge in [-0.15, -0.1) is 11.6 Å². The zero-order chi connectivity index (χ0) is 13.0. The Labute approximate surface area is 119 Å². The van der Waals surface area contributed by atoms with Gasteiger partial charge in [0.2, 0.25) is 0 Å². The van der Waals surface area contributed by atoms with Crippen molar-refractivity contribution < 1.29 is 4.74 Å². The molecule has 0 spiro atoms. The Morgan fingerprint density at radius 1 is 1.22 bits per heavy atom. The van der Waals surface area contributed by atoms with Crippen molar-refractivity contribution in [3.63, 3.8) is 0 Å². The highest BCUT2D eigenvalue weighted by Gasteiger charge is 2.05. The molecule has 4 heteroatoms. The van der Waals surface area contributed by atoms with Gasteiger partial charge in [0.05, 0.1) is 17.5 Å². The van der Waals surface area contributed by atoms with E-state index in [4.69, 9.17) is 21.6 Å². The van der Waals surface area contributed by atoms with Crippen LogP contribution < -0.4 is 4.74 Å². The second kappa shape index (κ2) is 5.90.